The van der Waals surface area contributed by atoms with Crippen molar-refractivity contribution in [1.82, 2.24) is 5.32 Å². The van der Waals surface area contributed by atoms with Gasteiger partial charge in [-0.25, -0.2) is 8.42 Å². The number of nitrogens with two attached hydrogens (primary N) is 1. The normalized spacial score (nSPS) is 10.9. The molecule has 0 radical (unpaired) electrons. The lowest BCUT2D eigenvalue weighted by Gasteiger charge is -2.09. The van der Waals surface area contributed by atoms with Crippen LogP contribution in [0.1, 0.15) is 19.8 Å². The van der Waals surface area contributed by atoms with Crippen molar-refractivity contribution < 1.29 is 18.0 Å². The van der Waals surface area contributed by atoms with Crippen LogP contribution in [0.3, 0.4) is 0 Å². The molecule has 5 N–H and O–H groups in total. The highest BCUT2D eigenvalue weighted by Crippen LogP contribution is 2.15. The molecule has 128 valence electrons. The summed E-state index contributed by atoms with van der Waals surface area (Å²) in [4.78, 5) is 22.5. The lowest BCUT2D eigenvalue weighted by molar-refractivity contribution is -0.123. The number of nitrogens with one attached hydrogen (secondary N) is 3. The van der Waals surface area contributed by atoms with Gasteiger partial charge in [-0.05, 0) is 30.7 Å². The van der Waals surface area contributed by atoms with Crippen molar-refractivity contribution in [3.8, 4) is 0 Å². The fraction of sp³-hybridized carbons (Fsp3) is 0.429. The lowest BCUT2D eigenvalue weighted by Crippen LogP contribution is -2.36. The summed E-state index contributed by atoms with van der Waals surface area (Å²) in [6.45, 7) is 1.56. The molecule has 0 heterocycles. The van der Waals surface area contributed by atoms with Gasteiger partial charge in [-0.2, -0.15) is 0 Å². The molecule has 0 aliphatic heterocycles. The average molecular weight is 342 g/mol. The van der Waals surface area contributed by atoms with Gasteiger partial charge in [-0.15, -0.1) is 0 Å². The van der Waals surface area contributed by atoms with Crippen LogP contribution in [-0.4, -0.2) is 39.1 Å². The van der Waals surface area contributed by atoms with Gasteiger partial charge < -0.3 is 16.4 Å². The summed E-state index contributed by atoms with van der Waals surface area (Å²) in [5.74, 6) is -0.747. The minimum Gasteiger partial charge on any atom is -0.346 e. The number of benzene rings is 1. The summed E-state index contributed by atoms with van der Waals surface area (Å²) in [6.07, 6.45) is 1.39. The van der Waals surface area contributed by atoms with Crippen molar-refractivity contribution >= 4 is 33.2 Å². The number of carbonyl (C=O) groups excluding carboxylic acids is 2. The zero-order chi connectivity index (χ0) is 17.3. The Kier molecular flexibility index (Phi) is 7.49. The fourth-order valence-corrected chi connectivity index (χ4v) is 2.91. The predicted octanol–water partition coefficient (Wildman–Crippen LogP) is 0.242. The molecule has 0 aliphatic carbocycles. The first-order chi connectivity index (χ1) is 10.9. The smallest absolute Gasteiger partial charge is 0.243 e. The van der Waals surface area contributed by atoms with Crippen LogP contribution >= 0.6 is 0 Å². The SMILES string of the molecule is CCCCS(=O)(=O)Nc1ccc(NC(=O)CNC(=O)CN)cc1. The highest BCUT2D eigenvalue weighted by atomic mass is 32.2. The van der Waals surface area contributed by atoms with Crippen LogP contribution in [0.5, 0.6) is 0 Å². The zero-order valence-electron chi connectivity index (χ0n) is 13.0. The van der Waals surface area contributed by atoms with Gasteiger partial charge in [0, 0.05) is 11.4 Å². The van der Waals surface area contributed by atoms with Gasteiger partial charge in [0.1, 0.15) is 0 Å². The Morgan fingerprint density at radius 1 is 1.09 bits per heavy atom. The Balaban J connectivity index is 2.53. The van der Waals surface area contributed by atoms with Crippen LogP contribution in [0.25, 0.3) is 0 Å². The average Bonchev–Trinajstić information content (AvgIpc) is 2.52. The third-order valence-electron chi connectivity index (χ3n) is 2.84. The molecule has 8 nitrogen and oxygen atoms in total. The Morgan fingerprint density at radius 3 is 2.26 bits per heavy atom. The Bertz CT molecular complexity index is 629. The largest absolute Gasteiger partial charge is 0.346 e. The maximum absolute atomic E-state index is 11.8. The highest BCUT2D eigenvalue weighted by Gasteiger charge is 2.10. The molecule has 0 atom stereocenters. The van der Waals surface area contributed by atoms with E-state index in [-0.39, 0.29) is 18.8 Å². The van der Waals surface area contributed by atoms with Crippen LogP contribution in [0, 0.1) is 0 Å². The molecule has 0 spiro atoms. The molecule has 1 rings (SSSR count). The molecule has 9 heteroatoms. The van der Waals surface area contributed by atoms with E-state index < -0.39 is 21.8 Å². The maximum atomic E-state index is 11.8. The van der Waals surface area contributed by atoms with Crippen LogP contribution in [-0.2, 0) is 19.6 Å². The van der Waals surface area contributed by atoms with Crippen LogP contribution in [0.2, 0.25) is 0 Å². The van der Waals surface area contributed by atoms with E-state index in [0.717, 1.165) is 6.42 Å². The van der Waals surface area contributed by atoms with Crippen molar-refractivity contribution in [3.05, 3.63) is 24.3 Å². The van der Waals surface area contributed by atoms with E-state index in [9.17, 15) is 18.0 Å². The lowest BCUT2D eigenvalue weighted by atomic mass is 10.3. The van der Waals surface area contributed by atoms with E-state index in [0.29, 0.717) is 17.8 Å². The van der Waals surface area contributed by atoms with Crippen LogP contribution < -0.4 is 21.1 Å². The molecule has 1 aromatic carbocycles. The Hall–Kier alpha value is -2.13. The quantitative estimate of drug-likeness (QED) is 0.511. The molecule has 2 amide bonds. The molecule has 0 aromatic heterocycles. The number of hydrogen-bond donors (Lipinski definition) is 4. The molecule has 23 heavy (non-hydrogen) atoms. The van der Waals surface area contributed by atoms with E-state index in [1.165, 1.54) is 0 Å². The molecule has 0 fully saturated rings. The summed E-state index contributed by atoms with van der Waals surface area (Å²) < 4.78 is 26.0. The monoisotopic (exact) mass is 342 g/mol. The van der Waals surface area contributed by atoms with Crippen molar-refractivity contribution in [2.75, 3.05) is 28.9 Å². The number of anilines is 2. The molecule has 0 aliphatic rings. The minimum atomic E-state index is -3.35. The van der Waals surface area contributed by atoms with E-state index in [2.05, 4.69) is 15.4 Å². The molecule has 0 unspecified atom stereocenters. The van der Waals surface area contributed by atoms with Gasteiger partial charge in [0.25, 0.3) is 0 Å². The summed E-state index contributed by atoms with van der Waals surface area (Å²) in [5, 5.41) is 4.92. The van der Waals surface area contributed by atoms with E-state index >= 15 is 0 Å². The van der Waals surface area contributed by atoms with Gasteiger partial charge >= 0.3 is 0 Å². The van der Waals surface area contributed by atoms with E-state index in [4.69, 9.17) is 5.73 Å². The fourth-order valence-electron chi connectivity index (χ4n) is 1.64. The summed E-state index contributed by atoms with van der Waals surface area (Å²) in [5.41, 5.74) is 6.03. The molecular formula is C14H22N4O4S. The Labute approximate surface area is 135 Å². The number of sulfonamides is 1. The standard InChI is InChI=1S/C14H22N4O4S/c1-2-3-8-23(21,22)18-12-6-4-11(5-7-12)17-14(20)10-16-13(19)9-15/h4-7,18H,2-3,8-10,15H2,1H3,(H,16,19)(H,17,20). The van der Waals surface area contributed by atoms with Crippen molar-refractivity contribution in [3.63, 3.8) is 0 Å². The number of carbonyl (C=O) groups is 2. The second-order valence-corrected chi connectivity index (χ2v) is 6.72. The Morgan fingerprint density at radius 2 is 1.70 bits per heavy atom. The first-order valence-corrected chi connectivity index (χ1v) is 8.88. The zero-order valence-corrected chi connectivity index (χ0v) is 13.8. The van der Waals surface area contributed by atoms with E-state index in [1.54, 1.807) is 24.3 Å². The van der Waals surface area contributed by atoms with Crippen molar-refractivity contribution in [2.45, 2.75) is 19.8 Å². The second-order valence-electron chi connectivity index (χ2n) is 4.88. The van der Waals surface area contributed by atoms with Gasteiger partial charge in [0.05, 0.1) is 18.8 Å². The number of hydrogen-bond acceptors (Lipinski definition) is 5. The van der Waals surface area contributed by atoms with Gasteiger partial charge in [-0.1, -0.05) is 13.3 Å². The molecule has 1 aromatic rings. The van der Waals surface area contributed by atoms with Gasteiger partial charge in [0.15, 0.2) is 0 Å². The molecule has 0 bridgehead atoms. The number of rotatable bonds is 9. The van der Waals surface area contributed by atoms with E-state index in [1.807, 2.05) is 6.92 Å². The number of unbranched alkanes of at least 4 members (excludes halogenated alkanes) is 1. The second kappa shape index (κ2) is 9.11. The topological polar surface area (TPSA) is 130 Å². The van der Waals surface area contributed by atoms with Crippen molar-refractivity contribution in [2.24, 2.45) is 5.73 Å². The first-order valence-electron chi connectivity index (χ1n) is 7.23. The van der Waals surface area contributed by atoms with Gasteiger partial charge in [0.2, 0.25) is 21.8 Å². The summed E-state index contributed by atoms with van der Waals surface area (Å²) in [6, 6.07) is 6.25. The van der Waals surface area contributed by atoms with Crippen LogP contribution in [0.4, 0.5) is 11.4 Å². The summed E-state index contributed by atoms with van der Waals surface area (Å²) in [7, 11) is -3.35. The molecule has 0 saturated carbocycles. The van der Waals surface area contributed by atoms with Gasteiger partial charge in [-0.3, -0.25) is 14.3 Å². The molecule has 0 saturated heterocycles. The van der Waals surface area contributed by atoms with Crippen molar-refractivity contribution in [1.29, 1.82) is 0 Å². The maximum Gasteiger partial charge on any atom is 0.243 e. The third-order valence-corrected chi connectivity index (χ3v) is 4.21. The first kappa shape index (κ1) is 18.9. The van der Waals surface area contributed by atoms with Crippen LogP contribution in [0.15, 0.2) is 24.3 Å². The third kappa shape index (κ3) is 7.61. The predicted molar refractivity (Wildman–Crippen MR) is 89.5 cm³/mol. The molecular weight excluding hydrogens is 320 g/mol. The number of amides is 2. The highest BCUT2D eigenvalue weighted by molar-refractivity contribution is 7.92. The summed E-state index contributed by atoms with van der Waals surface area (Å²) >= 11 is 0. The minimum absolute atomic E-state index is 0.0723.